The predicted octanol–water partition coefficient (Wildman–Crippen LogP) is 0.724. The van der Waals surface area contributed by atoms with Gasteiger partial charge in [-0.1, -0.05) is 30.3 Å². The molecule has 1 aliphatic rings. The van der Waals surface area contributed by atoms with Gasteiger partial charge in [0, 0.05) is 24.4 Å². The monoisotopic (exact) mass is 472 g/mol. The highest BCUT2D eigenvalue weighted by Crippen LogP contribution is 2.30. The maximum absolute atomic E-state index is 13.1. The number of carbonyl (C=O) groups is 1. The highest BCUT2D eigenvalue weighted by molar-refractivity contribution is 7.84. The van der Waals surface area contributed by atoms with E-state index in [2.05, 4.69) is 24.6 Å². The van der Waals surface area contributed by atoms with Crippen LogP contribution >= 0.6 is 0 Å². The van der Waals surface area contributed by atoms with Crippen LogP contribution in [0.1, 0.15) is 34.5 Å². The predicted molar refractivity (Wildman–Crippen MR) is 118 cm³/mol. The molecule has 174 valence electrons. The minimum absolute atomic E-state index is 0.216. The van der Waals surface area contributed by atoms with E-state index in [0.29, 0.717) is 25.2 Å². The number of hydrogen-bond donors (Lipinski definition) is 3. The Morgan fingerprint density at radius 1 is 1.24 bits per heavy atom. The lowest BCUT2D eigenvalue weighted by molar-refractivity contribution is 0.101. The minimum Gasteiger partial charge on any atom is -0.393 e. The molecular weight excluding hydrogens is 448 g/mol. The molecular formula is C21H24N6O5S. The third-order valence-corrected chi connectivity index (χ3v) is 5.93. The van der Waals surface area contributed by atoms with Gasteiger partial charge in [0.25, 0.3) is 0 Å². The van der Waals surface area contributed by atoms with Crippen LogP contribution in [0, 0.1) is 5.92 Å². The van der Waals surface area contributed by atoms with E-state index in [1.807, 2.05) is 30.3 Å². The van der Waals surface area contributed by atoms with Crippen molar-refractivity contribution in [1.82, 2.24) is 19.7 Å². The van der Waals surface area contributed by atoms with Gasteiger partial charge in [-0.3, -0.25) is 13.7 Å². The minimum atomic E-state index is -4.08. The molecule has 1 aromatic carbocycles. The molecule has 2 aromatic heterocycles. The number of ketones is 1. The Balaban J connectivity index is 1.44. The average Bonchev–Trinajstić information content (AvgIpc) is 3.38. The lowest BCUT2D eigenvalue weighted by Gasteiger charge is -2.15. The highest BCUT2D eigenvalue weighted by Gasteiger charge is 2.34. The van der Waals surface area contributed by atoms with Gasteiger partial charge < -0.3 is 10.4 Å². The summed E-state index contributed by atoms with van der Waals surface area (Å²) in [5.41, 5.74) is 1.57. The average molecular weight is 473 g/mol. The zero-order valence-electron chi connectivity index (χ0n) is 17.6. The first-order valence-electron chi connectivity index (χ1n) is 10.3. The van der Waals surface area contributed by atoms with Crippen molar-refractivity contribution in [3.05, 3.63) is 71.9 Å². The van der Waals surface area contributed by atoms with Crippen LogP contribution < -0.4 is 10.5 Å². The highest BCUT2D eigenvalue weighted by atomic mass is 32.2. The molecule has 0 radical (unpaired) electrons. The van der Waals surface area contributed by atoms with E-state index < -0.39 is 22.3 Å². The second-order valence-electron chi connectivity index (χ2n) is 7.92. The van der Waals surface area contributed by atoms with E-state index in [-0.39, 0.29) is 29.7 Å². The quantitative estimate of drug-likeness (QED) is 0.381. The van der Waals surface area contributed by atoms with Crippen LogP contribution in [0.3, 0.4) is 0 Å². The smallest absolute Gasteiger partial charge is 0.333 e. The van der Waals surface area contributed by atoms with Gasteiger partial charge in [-0.15, -0.1) is 0 Å². The molecule has 1 unspecified atom stereocenters. The normalized spacial score (nSPS) is 20.6. The number of nitrogens with zero attached hydrogens (tertiary/aromatic N) is 4. The first-order chi connectivity index (χ1) is 15.8. The number of aliphatic hydroxyl groups is 1. The van der Waals surface area contributed by atoms with Crippen molar-refractivity contribution in [3.8, 4) is 0 Å². The number of nitrogens with one attached hydrogen (secondary N) is 1. The Kier molecular flexibility index (Phi) is 6.79. The molecule has 1 fully saturated rings. The fourth-order valence-corrected chi connectivity index (χ4v) is 4.23. The van der Waals surface area contributed by atoms with Gasteiger partial charge in [0.2, 0.25) is 5.78 Å². The summed E-state index contributed by atoms with van der Waals surface area (Å²) >= 11 is 0. The van der Waals surface area contributed by atoms with Crippen LogP contribution in [0.5, 0.6) is 0 Å². The second kappa shape index (κ2) is 9.75. The SMILES string of the molecule is NS(=O)(=O)OC[C@H]1CC(Nc2ncncc2C(=O)c2ccn(Cc3ccccc3)n2)C[C@@H]1O. The Hall–Kier alpha value is -3.19. The maximum Gasteiger partial charge on any atom is 0.333 e. The van der Waals surface area contributed by atoms with E-state index in [4.69, 9.17) is 5.14 Å². The summed E-state index contributed by atoms with van der Waals surface area (Å²) < 4.78 is 28.3. The largest absolute Gasteiger partial charge is 0.393 e. The van der Waals surface area contributed by atoms with Crippen molar-refractivity contribution in [1.29, 1.82) is 0 Å². The molecule has 1 saturated carbocycles. The summed E-state index contributed by atoms with van der Waals surface area (Å²) in [6, 6.07) is 11.2. The Morgan fingerprint density at radius 2 is 2.03 bits per heavy atom. The lowest BCUT2D eigenvalue weighted by atomic mass is 10.1. The van der Waals surface area contributed by atoms with Gasteiger partial charge >= 0.3 is 10.3 Å². The summed E-state index contributed by atoms with van der Waals surface area (Å²) in [5.74, 6) is -0.439. The summed E-state index contributed by atoms with van der Waals surface area (Å²) in [6.45, 7) is 0.319. The van der Waals surface area contributed by atoms with Crippen LogP contribution in [0.2, 0.25) is 0 Å². The van der Waals surface area contributed by atoms with Gasteiger partial charge in [0.05, 0.1) is 24.8 Å². The number of aliphatic hydroxyl groups excluding tert-OH is 1. The molecule has 3 atom stereocenters. The summed E-state index contributed by atoms with van der Waals surface area (Å²) in [4.78, 5) is 21.3. The molecule has 12 heteroatoms. The number of rotatable bonds is 9. The number of hydrogen-bond acceptors (Lipinski definition) is 9. The Bertz CT molecular complexity index is 1220. The van der Waals surface area contributed by atoms with Crippen molar-refractivity contribution in [2.24, 2.45) is 11.1 Å². The van der Waals surface area contributed by atoms with E-state index >= 15 is 0 Å². The van der Waals surface area contributed by atoms with Gasteiger partial charge in [-0.2, -0.15) is 13.5 Å². The van der Waals surface area contributed by atoms with Gasteiger partial charge in [0.1, 0.15) is 17.8 Å². The third kappa shape index (κ3) is 5.99. The van der Waals surface area contributed by atoms with Crippen molar-refractivity contribution in [2.75, 3.05) is 11.9 Å². The molecule has 11 nitrogen and oxygen atoms in total. The fraction of sp³-hybridized carbons (Fsp3) is 0.333. The Labute approximate surface area is 190 Å². The molecule has 1 aliphatic carbocycles. The zero-order valence-corrected chi connectivity index (χ0v) is 18.4. The molecule has 0 bridgehead atoms. The Morgan fingerprint density at radius 3 is 2.79 bits per heavy atom. The number of anilines is 1. The first-order valence-corrected chi connectivity index (χ1v) is 11.8. The van der Waals surface area contributed by atoms with Gasteiger partial charge in [-0.05, 0) is 24.5 Å². The molecule has 4 rings (SSSR count). The molecule has 0 saturated heterocycles. The van der Waals surface area contributed by atoms with Gasteiger partial charge in [-0.25, -0.2) is 15.1 Å². The van der Waals surface area contributed by atoms with E-state index in [0.717, 1.165) is 5.56 Å². The molecule has 0 amide bonds. The molecule has 3 aromatic rings. The fourth-order valence-electron chi connectivity index (χ4n) is 3.87. The summed E-state index contributed by atoms with van der Waals surface area (Å²) in [6.07, 6.45) is 4.45. The number of carbonyl (C=O) groups excluding carboxylic acids is 1. The molecule has 0 aliphatic heterocycles. The summed E-state index contributed by atoms with van der Waals surface area (Å²) in [7, 11) is -4.08. The van der Waals surface area contributed by atoms with Crippen molar-refractivity contribution < 1.29 is 22.5 Å². The zero-order chi connectivity index (χ0) is 23.4. The van der Waals surface area contributed by atoms with E-state index in [1.54, 1.807) is 16.9 Å². The number of benzene rings is 1. The second-order valence-corrected chi connectivity index (χ2v) is 9.14. The topological polar surface area (TPSA) is 162 Å². The van der Waals surface area contributed by atoms with Crippen LogP contribution in [-0.2, 0) is 21.0 Å². The maximum atomic E-state index is 13.1. The molecule has 0 spiro atoms. The van der Waals surface area contributed by atoms with Crippen LogP contribution in [0.25, 0.3) is 0 Å². The standard InChI is InChI=1S/C21H24N6O5S/c22-33(30,31)32-12-15-8-16(9-19(15)28)25-21-17(10-23-13-24-21)20(29)18-6-7-27(26-18)11-14-4-2-1-3-5-14/h1-7,10,13,15-16,19,28H,8-9,11-12H2,(H2,22,30,31)(H,23,24,25)/t15-,16?,19+/m1/s1. The van der Waals surface area contributed by atoms with Crippen molar-refractivity contribution in [3.63, 3.8) is 0 Å². The van der Waals surface area contributed by atoms with E-state index in [9.17, 15) is 18.3 Å². The summed E-state index contributed by atoms with van der Waals surface area (Å²) in [5, 5.41) is 22.7. The van der Waals surface area contributed by atoms with Gasteiger partial charge in [0.15, 0.2) is 0 Å². The molecule has 4 N–H and O–H groups in total. The van der Waals surface area contributed by atoms with Crippen molar-refractivity contribution >= 4 is 21.9 Å². The molecule has 33 heavy (non-hydrogen) atoms. The van der Waals surface area contributed by atoms with Crippen LogP contribution in [-0.4, -0.2) is 57.8 Å². The molecule has 2 heterocycles. The van der Waals surface area contributed by atoms with Crippen LogP contribution in [0.4, 0.5) is 5.82 Å². The van der Waals surface area contributed by atoms with E-state index in [1.165, 1.54) is 12.5 Å². The van der Waals surface area contributed by atoms with Crippen molar-refractivity contribution in [2.45, 2.75) is 31.5 Å². The van der Waals surface area contributed by atoms with Crippen LogP contribution in [0.15, 0.2) is 55.1 Å². The first kappa shape index (κ1) is 23.0. The number of aromatic nitrogens is 4. The number of nitrogens with two attached hydrogens (primary N) is 1. The lowest BCUT2D eigenvalue weighted by Crippen LogP contribution is -2.24. The third-order valence-electron chi connectivity index (χ3n) is 5.46.